The summed E-state index contributed by atoms with van der Waals surface area (Å²) in [5, 5.41) is 5.38. The molecule has 4 heteroatoms. The maximum Gasteiger partial charge on any atom is 0.126 e. The Morgan fingerprint density at radius 2 is 2.11 bits per heavy atom. The molecule has 0 amide bonds. The number of hydrogen-bond donors (Lipinski definition) is 1. The Hall–Kier alpha value is -1.39. The molecule has 2 nitrogen and oxygen atoms in total. The van der Waals surface area contributed by atoms with Crippen molar-refractivity contribution in [3.63, 3.8) is 0 Å². The van der Waals surface area contributed by atoms with Crippen molar-refractivity contribution in [2.45, 2.75) is 6.42 Å². The van der Waals surface area contributed by atoms with Gasteiger partial charge in [-0.3, -0.25) is 0 Å². The van der Waals surface area contributed by atoms with Crippen LogP contribution in [0.25, 0.3) is 0 Å². The minimum Gasteiger partial charge on any atom is -0.492 e. The van der Waals surface area contributed by atoms with E-state index in [9.17, 15) is 4.39 Å². The fourth-order valence-corrected chi connectivity index (χ4v) is 2.30. The predicted octanol–water partition coefficient (Wildman–Crippen LogP) is 3.10. The monoisotopic (exact) mass is 265 g/mol. The molecule has 1 heterocycles. The molecule has 0 spiro atoms. The molecule has 0 bridgehead atoms. The Morgan fingerprint density at radius 1 is 1.17 bits per heavy atom. The average Bonchev–Trinajstić information content (AvgIpc) is 2.87. The van der Waals surface area contributed by atoms with Gasteiger partial charge in [-0.25, -0.2) is 4.39 Å². The second-order valence-electron chi connectivity index (χ2n) is 3.89. The van der Waals surface area contributed by atoms with Crippen LogP contribution in [0.4, 0.5) is 4.39 Å². The molecule has 96 valence electrons. The van der Waals surface area contributed by atoms with Crippen molar-refractivity contribution >= 4 is 11.3 Å². The predicted molar refractivity (Wildman–Crippen MR) is 72.8 cm³/mol. The maximum absolute atomic E-state index is 12.9. The van der Waals surface area contributed by atoms with E-state index in [0.717, 1.165) is 19.5 Å². The Bertz CT molecular complexity index is 459. The summed E-state index contributed by atoms with van der Waals surface area (Å²) in [6.07, 6.45) is 1.04. The first-order chi connectivity index (χ1) is 8.84. The van der Waals surface area contributed by atoms with E-state index in [-0.39, 0.29) is 5.82 Å². The quantitative estimate of drug-likeness (QED) is 0.777. The molecule has 1 aromatic heterocycles. The van der Waals surface area contributed by atoms with Crippen LogP contribution in [0.3, 0.4) is 0 Å². The third-order valence-electron chi connectivity index (χ3n) is 2.47. The normalized spacial score (nSPS) is 10.5. The Balaban J connectivity index is 1.56. The van der Waals surface area contributed by atoms with Gasteiger partial charge in [0.05, 0.1) is 0 Å². The van der Waals surface area contributed by atoms with E-state index < -0.39 is 0 Å². The van der Waals surface area contributed by atoms with Crippen LogP contribution in [0.2, 0.25) is 0 Å². The molecule has 0 saturated carbocycles. The van der Waals surface area contributed by atoms with Crippen LogP contribution in [0.5, 0.6) is 5.75 Å². The van der Waals surface area contributed by atoms with E-state index in [1.165, 1.54) is 17.0 Å². The Morgan fingerprint density at radius 3 is 2.89 bits per heavy atom. The molecule has 1 aromatic carbocycles. The van der Waals surface area contributed by atoms with E-state index in [1.54, 1.807) is 23.5 Å². The standard InChI is InChI=1S/C14H16FNOS/c15-12-3-1-4-13(11-12)17-9-8-16-7-6-14-5-2-10-18-14/h1-5,10-11,16H,6-9H2. The fourth-order valence-electron chi connectivity index (χ4n) is 1.59. The first kappa shape index (κ1) is 13.1. The highest BCUT2D eigenvalue weighted by atomic mass is 32.1. The first-order valence-corrected chi connectivity index (χ1v) is 6.84. The zero-order valence-electron chi connectivity index (χ0n) is 10.1. The second kappa shape index (κ2) is 7.13. The van der Waals surface area contributed by atoms with Crippen LogP contribution in [-0.4, -0.2) is 19.7 Å². The molecule has 0 aliphatic carbocycles. The molecular formula is C14H16FNOS. The Kier molecular flexibility index (Phi) is 5.17. The third kappa shape index (κ3) is 4.47. The Labute approximate surface area is 110 Å². The lowest BCUT2D eigenvalue weighted by Gasteiger charge is -2.07. The zero-order chi connectivity index (χ0) is 12.6. The molecule has 1 N–H and O–H groups in total. The molecule has 0 fully saturated rings. The molecule has 2 rings (SSSR count). The summed E-state index contributed by atoms with van der Waals surface area (Å²) in [7, 11) is 0. The van der Waals surface area contributed by atoms with Gasteiger partial charge in [0.2, 0.25) is 0 Å². The van der Waals surface area contributed by atoms with Crippen molar-refractivity contribution in [1.82, 2.24) is 5.32 Å². The highest BCUT2D eigenvalue weighted by Crippen LogP contribution is 2.11. The molecule has 0 unspecified atom stereocenters. The van der Waals surface area contributed by atoms with Crippen molar-refractivity contribution in [1.29, 1.82) is 0 Å². The van der Waals surface area contributed by atoms with Gasteiger partial charge >= 0.3 is 0 Å². The summed E-state index contributed by atoms with van der Waals surface area (Å²) in [6, 6.07) is 10.4. The zero-order valence-corrected chi connectivity index (χ0v) is 10.9. The van der Waals surface area contributed by atoms with Gasteiger partial charge in [-0.1, -0.05) is 12.1 Å². The van der Waals surface area contributed by atoms with E-state index in [0.29, 0.717) is 12.4 Å². The van der Waals surface area contributed by atoms with Gasteiger partial charge in [0.1, 0.15) is 18.2 Å². The summed E-state index contributed by atoms with van der Waals surface area (Å²) in [5.41, 5.74) is 0. The van der Waals surface area contributed by atoms with E-state index in [2.05, 4.69) is 22.8 Å². The van der Waals surface area contributed by atoms with Crippen molar-refractivity contribution in [3.8, 4) is 5.75 Å². The van der Waals surface area contributed by atoms with Crippen LogP contribution in [0.15, 0.2) is 41.8 Å². The third-order valence-corrected chi connectivity index (χ3v) is 3.41. The molecular weight excluding hydrogens is 249 g/mol. The van der Waals surface area contributed by atoms with Crippen molar-refractivity contribution in [2.24, 2.45) is 0 Å². The number of nitrogens with one attached hydrogen (secondary N) is 1. The largest absolute Gasteiger partial charge is 0.492 e. The van der Waals surface area contributed by atoms with Gasteiger partial charge in [-0.05, 0) is 30.0 Å². The lowest BCUT2D eigenvalue weighted by molar-refractivity contribution is 0.313. The minimum atomic E-state index is -0.266. The topological polar surface area (TPSA) is 21.3 Å². The van der Waals surface area contributed by atoms with Gasteiger partial charge < -0.3 is 10.1 Å². The van der Waals surface area contributed by atoms with Crippen molar-refractivity contribution < 1.29 is 9.13 Å². The van der Waals surface area contributed by atoms with Gasteiger partial charge in [0, 0.05) is 24.0 Å². The van der Waals surface area contributed by atoms with E-state index in [1.807, 2.05) is 0 Å². The molecule has 0 atom stereocenters. The number of rotatable bonds is 7. The molecule has 0 saturated heterocycles. The number of ether oxygens (including phenoxy) is 1. The molecule has 0 aliphatic heterocycles. The second-order valence-corrected chi connectivity index (χ2v) is 4.92. The number of hydrogen-bond acceptors (Lipinski definition) is 3. The number of halogens is 1. The first-order valence-electron chi connectivity index (χ1n) is 5.96. The molecule has 2 aromatic rings. The summed E-state index contributed by atoms with van der Waals surface area (Å²) in [5.74, 6) is 0.313. The summed E-state index contributed by atoms with van der Waals surface area (Å²) in [6.45, 7) is 2.25. The SMILES string of the molecule is Fc1cccc(OCCNCCc2cccs2)c1. The molecule has 18 heavy (non-hydrogen) atoms. The van der Waals surface area contributed by atoms with Crippen LogP contribution < -0.4 is 10.1 Å². The van der Waals surface area contributed by atoms with Crippen LogP contribution in [0, 0.1) is 5.82 Å². The number of thiophene rings is 1. The fraction of sp³-hybridized carbons (Fsp3) is 0.286. The lowest BCUT2D eigenvalue weighted by atomic mass is 10.3. The smallest absolute Gasteiger partial charge is 0.126 e. The average molecular weight is 265 g/mol. The van der Waals surface area contributed by atoms with Gasteiger partial charge in [0.15, 0.2) is 0 Å². The van der Waals surface area contributed by atoms with Gasteiger partial charge in [-0.2, -0.15) is 0 Å². The number of benzene rings is 1. The lowest BCUT2D eigenvalue weighted by Crippen LogP contribution is -2.23. The van der Waals surface area contributed by atoms with Gasteiger partial charge in [0.25, 0.3) is 0 Å². The van der Waals surface area contributed by atoms with Crippen molar-refractivity contribution in [2.75, 3.05) is 19.7 Å². The van der Waals surface area contributed by atoms with E-state index >= 15 is 0 Å². The molecule has 0 radical (unpaired) electrons. The highest BCUT2D eigenvalue weighted by Gasteiger charge is 1.96. The highest BCUT2D eigenvalue weighted by molar-refractivity contribution is 7.09. The summed E-state index contributed by atoms with van der Waals surface area (Å²) in [4.78, 5) is 1.38. The van der Waals surface area contributed by atoms with E-state index in [4.69, 9.17) is 4.74 Å². The van der Waals surface area contributed by atoms with Crippen molar-refractivity contribution in [3.05, 3.63) is 52.5 Å². The molecule has 0 aliphatic rings. The van der Waals surface area contributed by atoms with Crippen LogP contribution >= 0.6 is 11.3 Å². The van der Waals surface area contributed by atoms with Crippen LogP contribution in [-0.2, 0) is 6.42 Å². The van der Waals surface area contributed by atoms with Gasteiger partial charge in [-0.15, -0.1) is 11.3 Å². The summed E-state index contributed by atoms with van der Waals surface area (Å²) >= 11 is 1.77. The summed E-state index contributed by atoms with van der Waals surface area (Å²) < 4.78 is 18.3. The maximum atomic E-state index is 12.9. The minimum absolute atomic E-state index is 0.266. The van der Waals surface area contributed by atoms with Crippen LogP contribution in [0.1, 0.15) is 4.88 Å².